The third-order valence-corrected chi connectivity index (χ3v) is 2.04. The first-order chi connectivity index (χ1) is 5.70. The zero-order valence-electron chi connectivity index (χ0n) is 8.06. The van der Waals surface area contributed by atoms with Crippen LogP contribution in [0, 0.1) is 0 Å². The molecule has 0 aliphatic heterocycles. The minimum Gasteiger partial charge on any atom is -0.385 e. The van der Waals surface area contributed by atoms with Gasteiger partial charge in [0.1, 0.15) is 0 Å². The lowest BCUT2D eigenvalue weighted by Gasteiger charge is -2.12. The van der Waals surface area contributed by atoms with E-state index in [4.69, 9.17) is 16.3 Å². The summed E-state index contributed by atoms with van der Waals surface area (Å²) in [5, 5.41) is 3.34. The third kappa shape index (κ3) is 6.65. The largest absolute Gasteiger partial charge is 0.385 e. The summed E-state index contributed by atoms with van der Waals surface area (Å²) in [6, 6.07) is 0.483. The van der Waals surface area contributed by atoms with E-state index < -0.39 is 0 Å². The van der Waals surface area contributed by atoms with Crippen LogP contribution in [0.3, 0.4) is 0 Å². The molecule has 0 aliphatic carbocycles. The Morgan fingerprint density at radius 1 is 1.67 bits per heavy atom. The molecule has 0 aromatic carbocycles. The number of nitrogens with one attached hydrogen (secondary N) is 1. The van der Waals surface area contributed by atoms with Crippen molar-refractivity contribution in [3.05, 3.63) is 11.1 Å². The van der Waals surface area contributed by atoms with Gasteiger partial charge in [-0.15, -0.1) is 0 Å². The minimum absolute atomic E-state index is 0.483. The zero-order chi connectivity index (χ0) is 9.40. The average molecular weight is 192 g/mol. The van der Waals surface area contributed by atoms with Crippen LogP contribution in [0.2, 0.25) is 0 Å². The lowest BCUT2D eigenvalue weighted by molar-refractivity contribution is 0.185. The Morgan fingerprint density at radius 3 is 2.83 bits per heavy atom. The number of hydrogen-bond acceptors (Lipinski definition) is 2. The molecule has 0 saturated heterocycles. The summed E-state index contributed by atoms with van der Waals surface area (Å²) >= 11 is 5.51. The quantitative estimate of drug-likeness (QED) is 0.695. The number of methoxy groups -OCH3 is 1. The predicted molar refractivity (Wildman–Crippen MR) is 53.6 cm³/mol. The Morgan fingerprint density at radius 2 is 2.33 bits per heavy atom. The summed E-state index contributed by atoms with van der Waals surface area (Å²) in [6.07, 6.45) is 1.03. The summed E-state index contributed by atoms with van der Waals surface area (Å²) in [6.45, 7) is 5.80. The molecule has 3 heteroatoms. The molecule has 12 heavy (non-hydrogen) atoms. The Labute approximate surface area is 79.9 Å². The summed E-state index contributed by atoms with van der Waals surface area (Å²) in [7, 11) is 1.72. The summed E-state index contributed by atoms with van der Waals surface area (Å²) in [5.74, 6) is 0. The van der Waals surface area contributed by atoms with Gasteiger partial charge in [-0.25, -0.2) is 0 Å². The minimum atomic E-state index is 0.483. The lowest BCUT2D eigenvalue weighted by atomic mass is 10.2. The van der Waals surface area contributed by atoms with Crippen LogP contribution < -0.4 is 5.32 Å². The molecular formula is C9H18ClNO. The van der Waals surface area contributed by atoms with E-state index in [1.807, 2.05) is 6.92 Å². The van der Waals surface area contributed by atoms with Crippen LogP contribution in [-0.2, 0) is 4.74 Å². The van der Waals surface area contributed by atoms with Gasteiger partial charge in [-0.2, -0.15) is 0 Å². The van der Waals surface area contributed by atoms with E-state index in [0.29, 0.717) is 6.04 Å². The molecule has 0 heterocycles. The monoisotopic (exact) mass is 191 g/mol. The number of ether oxygens (including phenoxy) is 1. The molecule has 0 saturated carbocycles. The Hall–Kier alpha value is -0.0500. The van der Waals surface area contributed by atoms with Crippen LogP contribution in [0.25, 0.3) is 0 Å². The van der Waals surface area contributed by atoms with Gasteiger partial charge in [0.15, 0.2) is 0 Å². The van der Waals surface area contributed by atoms with E-state index in [1.165, 1.54) is 0 Å². The summed E-state index contributed by atoms with van der Waals surface area (Å²) < 4.78 is 4.96. The molecule has 0 bridgehead atoms. The maximum Gasteiger partial charge on any atom is 0.0476 e. The molecule has 0 fully saturated rings. The van der Waals surface area contributed by atoms with Gasteiger partial charge in [-0.05, 0) is 25.8 Å². The summed E-state index contributed by atoms with van der Waals surface area (Å²) in [4.78, 5) is 0. The first-order valence-electron chi connectivity index (χ1n) is 4.19. The van der Waals surface area contributed by atoms with E-state index in [1.54, 1.807) is 12.6 Å². The third-order valence-electron chi connectivity index (χ3n) is 1.67. The smallest absolute Gasteiger partial charge is 0.0476 e. The molecule has 0 rings (SSSR count). The van der Waals surface area contributed by atoms with Crippen LogP contribution in [0.15, 0.2) is 11.1 Å². The van der Waals surface area contributed by atoms with Crippen LogP contribution >= 0.6 is 11.6 Å². The second-order valence-corrected chi connectivity index (χ2v) is 3.24. The normalized spacial score (nSPS) is 14.8. The van der Waals surface area contributed by atoms with E-state index in [-0.39, 0.29) is 0 Å². The van der Waals surface area contributed by atoms with Gasteiger partial charge in [0.05, 0.1) is 0 Å². The summed E-state index contributed by atoms with van der Waals surface area (Å²) in [5.41, 5.74) is 2.76. The molecule has 1 unspecified atom stereocenters. The standard InChI is InChI=1S/C9H18ClNO/c1-8(6-10)7-11-9(2)4-5-12-3/h6,9,11H,4-5,7H2,1-3H3. The first-order valence-corrected chi connectivity index (χ1v) is 4.62. The lowest BCUT2D eigenvalue weighted by Crippen LogP contribution is -2.28. The van der Waals surface area contributed by atoms with Crippen molar-refractivity contribution >= 4 is 11.6 Å². The zero-order valence-corrected chi connectivity index (χ0v) is 8.82. The first kappa shape index (κ1) is 11.9. The van der Waals surface area contributed by atoms with E-state index in [9.17, 15) is 0 Å². The number of halogens is 1. The molecule has 0 aliphatic rings. The molecule has 0 aromatic heterocycles. The van der Waals surface area contributed by atoms with Gasteiger partial charge < -0.3 is 10.1 Å². The van der Waals surface area contributed by atoms with Crippen molar-refractivity contribution in [1.29, 1.82) is 0 Å². The Balaban J connectivity index is 3.37. The predicted octanol–water partition coefficient (Wildman–Crippen LogP) is 2.14. The fourth-order valence-corrected chi connectivity index (χ4v) is 0.848. The highest BCUT2D eigenvalue weighted by Crippen LogP contribution is 1.95. The van der Waals surface area contributed by atoms with Crippen molar-refractivity contribution in [3.8, 4) is 0 Å². The average Bonchev–Trinajstić information content (AvgIpc) is 2.10. The van der Waals surface area contributed by atoms with Gasteiger partial charge in [0.25, 0.3) is 0 Å². The second-order valence-electron chi connectivity index (χ2n) is 3.02. The van der Waals surface area contributed by atoms with Gasteiger partial charge in [0, 0.05) is 31.8 Å². The SMILES string of the molecule is COCCC(C)NCC(C)=CCl. The van der Waals surface area contributed by atoms with Crippen LogP contribution in [0.4, 0.5) is 0 Å². The van der Waals surface area contributed by atoms with E-state index >= 15 is 0 Å². The van der Waals surface area contributed by atoms with Crippen molar-refractivity contribution in [2.75, 3.05) is 20.3 Å². The highest BCUT2D eigenvalue weighted by Gasteiger charge is 1.99. The number of rotatable bonds is 6. The second kappa shape index (κ2) is 7.59. The highest BCUT2D eigenvalue weighted by molar-refractivity contribution is 6.25. The highest BCUT2D eigenvalue weighted by atomic mass is 35.5. The van der Waals surface area contributed by atoms with E-state index in [2.05, 4.69) is 12.2 Å². The molecule has 0 radical (unpaired) electrons. The molecule has 1 N–H and O–H groups in total. The van der Waals surface area contributed by atoms with Crippen molar-refractivity contribution in [1.82, 2.24) is 5.32 Å². The van der Waals surface area contributed by atoms with Gasteiger partial charge in [0.2, 0.25) is 0 Å². The van der Waals surface area contributed by atoms with Crippen molar-refractivity contribution in [3.63, 3.8) is 0 Å². The van der Waals surface area contributed by atoms with E-state index in [0.717, 1.165) is 25.1 Å². The molecule has 1 atom stereocenters. The molecule has 0 aromatic rings. The molecule has 2 nitrogen and oxygen atoms in total. The van der Waals surface area contributed by atoms with Crippen LogP contribution in [0.5, 0.6) is 0 Å². The van der Waals surface area contributed by atoms with Crippen LogP contribution in [-0.4, -0.2) is 26.3 Å². The van der Waals surface area contributed by atoms with Crippen molar-refractivity contribution in [2.24, 2.45) is 0 Å². The van der Waals surface area contributed by atoms with Gasteiger partial charge in [-0.3, -0.25) is 0 Å². The molecule has 72 valence electrons. The van der Waals surface area contributed by atoms with Crippen molar-refractivity contribution in [2.45, 2.75) is 26.3 Å². The molecular weight excluding hydrogens is 174 g/mol. The Bertz CT molecular complexity index is 136. The fraction of sp³-hybridized carbons (Fsp3) is 0.778. The molecule has 0 spiro atoms. The topological polar surface area (TPSA) is 21.3 Å². The van der Waals surface area contributed by atoms with Gasteiger partial charge in [-0.1, -0.05) is 11.6 Å². The molecule has 0 amide bonds. The fourth-order valence-electron chi connectivity index (χ4n) is 0.770. The van der Waals surface area contributed by atoms with Gasteiger partial charge >= 0.3 is 0 Å². The maximum atomic E-state index is 5.51. The number of hydrogen-bond donors (Lipinski definition) is 1. The van der Waals surface area contributed by atoms with Crippen molar-refractivity contribution < 1.29 is 4.74 Å². The van der Waals surface area contributed by atoms with Crippen LogP contribution in [0.1, 0.15) is 20.3 Å². The Kier molecular flexibility index (Phi) is 7.56. The maximum absolute atomic E-state index is 5.51.